The molecule has 1 aliphatic rings. The number of hydrogen-bond acceptors (Lipinski definition) is 3. The Hall–Kier alpha value is -2.23. The van der Waals surface area contributed by atoms with E-state index in [1.807, 2.05) is 24.4 Å². The molecule has 108 valence electrons. The highest BCUT2D eigenvalue weighted by Crippen LogP contribution is 2.43. The zero-order chi connectivity index (χ0) is 14.5. The lowest BCUT2D eigenvalue weighted by atomic mass is 9.76. The Balaban J connectivity index is 1.75. The van der Waals surface area contributed by atoms with E-state index in [1.54, 1.807) is 18.6 Å². The van der Waals surface area contributed by atoms with Gasteiger partial charge in [0.1, 0.15) is 0 Å². The van der Waals surface area contributed by atoms with Gasteiger partial charge in [-0.15, -0.1) is 0 Å². The van der Waals surface area contributed by atoms with Gasteiger partial charge in [-0.2, -0.15) is 0 Å². The summed E-state index contributed by atoms with van der Waals surface area (Å²) in [4.78, 5) is 20.6. The van der Waals surface area contributed by atoms with E-state index in [2.05, 4.69) is 21.4 Å². The van der Waals surface area contributed by atoms with E-state index in [-0.39, 0.29) is 11.3 Å². The van der Waals surface area contributed by atoms with Crippen LogP contribution in [0.2, 0.25) is 0 Å². The number of carbonyl (C=O) groups is 1. The number of hydrogen-bond donors (Lipinski definition) is 1. The highest BCUT2D eigenvalue weighted by molar-refractivity contribution is 5.91. The standard InChI is InChI=1S/C17H19N3O/c21-16(20-15-6-4-10-19-13-15)11-17(7-1-2-8-17)14-5-3-9-18-12-14/h3-6,9-10,12-13H,1-2,7-8,11H2,(H,20,21). The molecule has 1 N–H and O–H groups in total. The number of anilines is 1. The molecule has 0 spiro atoms. The molecule has 0 bridgehead atoms. The first-order valence-electron chi connectivity index (χ1n) is 7.39. The van der Waals surface area contributed by atoms with Gasteiger partial charge in [0.25, 0.3) is 0 Å². The Bertz CT molecular complexity index is 592. The molecule has 4 heteroatoms. The van der Waals surface area contributed by atoms with Crippen molar-refractivity contribution in [2.75, 3.05) is 5.32 Å². The smallest absolute Gasteiger partial charge is 0.225 e. The molecule has 21 heavy (non-hydrogen) atoms. The van der Waals surface area contributed by atoms with Gasteiger partial charge in [-0.3, -0.25) is 14.8 Å². The number of rotatable bonds is 4. The maximum absolute atomic E-state index is 12.4. The second-order valence-electron chi connectivity index (χ2n) is 5.70. The molecule has 0 aromatic carbocycles. The molecule has 2 heterocycles. The van der Waals surface area contributed by atoms with Crippen molar-refractivity contribution in [2.24, 2.45) is 0 Å². The Morgan fingerprint density at radius 1 is 1.10 bits per heavy atom. The van der Waals surface area contributed by atoms with Crippen LogP contribution in [0.25, 0.3) is 0 Å². The van der Waals surface area contributed by atoms with E-state index in [1.165, 1.54) is 18.4 Å². The molecule has 2 aromatic heterocycles. The van der Waals surface area contributed by atoms with Gasteiger partial charge in [0.2, 0.25) is 5.91 Å². The van der Waals surface area contributed by atoms with Gasteiger partial charge >= 0.3 is 0 Å². The lowest BCUT2D eigenvalue weighted by molar-refractivity contribution is -0.117. The van der Waals surface area contributed by atoms with Crippen LogP contribution in [0.4, 0.5) is 5.69 Å². The van der Waals surface area contributed by atoms with E-state index < -0.39 is 0 Å². The van der Waals surface area contributed by atoms with E-state index in [4.69, 9.17) is 0 Å². The van der Waals surface area contributed by atoms with Crippen molar-refractivity contribution in [3.8, 4) is 0 Å². The van der Waals surface area contributed by atoms with Gasteiger partial charge in [-0.05, 0) is 36.6 Å². The van der Waals surface area contributed by atoms with Crippen LogP contribution in [0.15, 0.2) is 49.1 Å². The summed E-state index contributed by atoms with van der Waals surface area (Å²) in [5, 5.41) is 2.94. The van der Waals surface area contributed by atoms with Crippen molar-refractivity contribution in [1.29, 1.82) is 0 Å². The molecule has 0 aliphatic heterocycles. The quantitative estimate of drug-likeness (QED) is 0.935. The minimum atomic E-state index is -0.0550. The van der Waals surface area contributed by atoms with Crippen LogP contribution in [-0.2, 0) is 10.2 Å². The third kappa shape index (κ3) is 3.10. The largest absolute Gasteiger partial charge is 0.325 e. The van der Waals surface area contributed by atoms with Gasteiger partial charge in [0.05, 0.1) is 11.9 Å². The maximum Gasteiger partial charge on any atom is 0.225 e. The third-order valence-electron chi connectivity index (χ3n) is 4.28. The summed E-state index contributed by atoms with van der Waals surface area (Å²) in [6.07, 6.45) is 12.0. The van der Waals surface area contributed by atoms with Crippen molar-refractivity contribution in [3.05, 3.63) is 54.6 Å². The van der Waals surface area contributed by atoms with Gasteiger partial charge in [-0.25, -0.2) is 0 Å². The molecule has 0 radical (unpaired) electrons. The first kappa shape index (κ1) is 13.7. The van der Waals surface area contributed by atoms with E-state index in [0.29, 0.717) is 6.42 Å². The minimum absolute atomic E-state index is 0.0498. The Labute approximate surface area is 124 Å². The fourth-order valence-corrected chi connectivity index (χ4v) is 3.24. The van der Waals surface area contributed by atoms with Gasteiger partial charge < -0.3 is 5.32 Å². The predicted molar refractivity (Wildman–Crippen MR) is 81.9 cm³/mol. The van der Waals surface area contributed by atoms with Crippen molar-refractivity contribution in [3.63, 3.8) is 0 Å². The number of aromatic nitrogens is 2. The Morgan fingerprint density at radius 2 is 1.81 bits per heavy atom. The Morgan fingerprint density at radius 3 is 2.43 bits per heavy atom. The molecule has 0 saturated heterocycles. The van der Waals surface area contributed by atoms with Gasteiger partial charge in [-0.1, -0.05) is 18.9 Å². The summed E-state index contributed by atoms with van der Waals surface area (Å²) in [5.41, 5.74) is 1.88. The summed E-state index contributed by atoms with van der Waals surface area (Å²) >= 11 is 0. The van der Waals surface area contributed by atoms with Crippen LogP contribution in [-0.4, -0.2) is 15.9 Å². The highest BCUT2D eigenvalue weighted by Gasteiger charge is 2.37. The molecular formula is C17H19N3O. The molecule has 2 aromatic rings. The predicted octanol–water partition coefficient (Wildman–Crippen LogP) is 3.32. The molecule has 1 aliphatic carbocycles. The fourth-order valence-electron chi connectivity index (χ4n) is 3.24. The summed E-state index contributed by atoms with van der Waals surface area (Å²) in [6.45, 7) is 0. The third-order valence-corrected chi connectivity index (χ3v) is 4.28. The molecule has 1 saturated carbocycles. The molecule has 3 rings (SSSR count). The van der Waals surface area contributed by atoms with Crippen molar-refractivity contribution < 1.29 is 4.79 Å². The van der Waals surface area contributed by atoms with Crippen molar-refractivity contribution in [2.45, 2.75) is 37.5 Å². The first-order chi connectivity index (χ1) is 10.3. The molecule has 0 unspecified atom stereocenters. The number of carbonyl (C=O) groups excluding carboxylic acids is 1. The van der Waals surface area contributed by atoms with Crippen molar-refractivity contribution >= 4 is 11.6 Å². The second kappa shape index (κ2) is 6.04. The van der Waals surface area contributed by atoms with E-state index in [0.717, 1.165) is 18.5 Å². The zero-order valence-electron chi connectivity index (χ0n) is 12.0. The van der Waals surface area contributed by atoms with Crippen molar-refractivity contribution in [1.82, 2.24) is 9.97 Å². The van der Waals surface area contributed by atoms with Crippen LogP contribution in [0.5, 0.6) is 0 Å². The normalized spacial score (nSPS) is 16.6. The second-order valence-corrected chi connectivity index (χ2v) is 5.70. The monoisotopic (exact) mass is 281 g/mol. The molecule has 1 fully saturated rings. The summed E-state index contributed by atoms with van der Waals surface area (Å²) in [5.74, 6) is 0.0498. The average Bonchev–Trinajstić information content (AvgIpc) is 2.99. The number of nitrogens with one attached hydrogen (secondary N) is 1. The van der Waals surface area contributed by atoms with Crippen LogP contribution in [0, 0.1) is 0 Å². The van der Waals surface area contributed by atoms with Gasteiger partial charge in [0.15, 0.2) is 0 Å². The Kier molecular flexibility index (Phi) is 3.95. The van der Waals surface area contributed by atoms with Crippen LogP contribution >= 0.6 is 0 Å². The first-order valence-corrected chi connectivity index (χ1v) is 7.39. The van der Waals surface area contributed by atoms with Crippen LogP contribution < -0.4 is 5.32 Å². The number of nitrogens with zero attached hydrogens (tertiary/aromatic N) is 2. The van der Waals surface area contributed by atoms with Gasteiger partial charge in [0, 0.05) is 30.4 Å². The maximum atomic E-state index is 12.4. The van der Waals surface area contributed by atoms with Crippen LogP contribution in [0.3, 0.4) is 0 Å². The SMILES string of the molecule is O=C(CC1(c2cccnc2)CCCC1)Nc1cccnc1. The molecule has 0 atom stereocenters. The number of amides is 1. The molecular weight excluding hydrogens is 262 g/mol. The fraction of sp³-hybridized carbons (Fsp3) is 0.353. The molecule has 4 nitrogen and oxygen atoms in total. The summed E-state index contributed by atoms with van der Waals surface area (Å²) in [7, 11) is 0. The topological polar surface area (TPSA) is 54.9 Å². The molecule has 1 amide bonds. The zero-order valence-corrected chi connectivity index (χ0v) is 12.0. The summed E-state index contributed by atoms with van der Waals surface area (Å²) in [6, 6.07) is 7.72. The lowest BCUT2D eigenvalue weighted by Crippen LogP contribution is -2.29. The number of pyridine rings is 2. The van der Waals surface area contributed by atoms with Crippen LogP contribution in [0.1, 0.15) is 37.7 Å². The average molecular weight is 281 g/mol. The lowest BCUT2D eigenvalue weighted by Gasteiger charge is -2.28. The van der Waals surface area contributed by atoms with E-state index in [9.17, 15) is 4.79 Å². The minimum Gasteiger partial charge on any atom is -0.325 e. The van der Waals surface area contributed by atoms with E-state index >= 15 is 0 Å². The highest BCUT2D eigenvalue weighted by atomic mass is 16.1. The summed E-state index contributed by atoms with van der Waals surface area (Å²) < 4.78 is 0.